The van der Waals surface area contributed by atoms with E-state index in [4.69, 9.17) is 10.6 Å². The average molecular weight is 279 g/mol. The Kier molecular flexibility index (Phi) is 3.26. The lowest BCUT2D eigenvalue weighted by Gasteiger charge is -2.34. The predicted molar refractivity (Wildman–Crippen MR) is 77.6 cm³/mol. The highest BCUT2D eigenvalue weighted by atomic mass is 32.1. The molecule has 0 spiro atoms. The average Bonchev–Trinajstić information content (AvgIpc) is 2.78. The fourth-order valence-electron chi connectivity index (χ4n) is 2.35. The van der Waals surface area contributed by atoms with E-state index in [9.17, 15) is 0 Å². The van der Waals surface area contributed by atoms with Gasteiger partial charge in [-0.15, -0.1) is 11.3 Å². The smallest absolute Gasteiger partial charge is 0.240 e. The highest BCUT2D eigenvalue weighted by Crippen LogP contribution is 2.32. The zero-order chi connectivity index (χ0) is 13.4. The molecule has 1 fully saturated rings. The Hall–Kier alpha value is -1.44. The zero-order valence-corrected chi connectivity index (χ0v) is 11.8. The molecule has 1 unspecified atom stereocenters. The predicted octanol–water partition coefficient (Wildman–Crippen LogP) is 1.51. The molecule has 1 aliphatic rings. The maximum absolute atomic E-state index is 5.48. The van der Waals surface area contributed by atoms with Gasteiger partial charge in [0.05, 0.1) is 24.6 Å². The van der Waals surface area contributed by atoms with Gasteiger partial charge in [-0.3, -0.25) is 5.43 Å². The zero-order valence-electron chi connectivity index (χ0n) is 11.0. The van der Waals surface area contributed by atoms with E-state index in [0.29, 0.717) is 12.0 Å². The van der Waals surface area contributed by atoms with E-state index < -0.39 is 0 Å². The number of nitrogens with two attached hydrogens (primary N) is 1. The number of ether oxygens (including phenoxy) is 1. The van der Waals surface area contributed by atoms with Crippen molar-refractivity contribution in [3.8, 4) is 0 Å². The number of hydrogen-bond donors (Lipinski definition) is 2. The van der Waals surface area contributed by atoms with Gasteiger partial charge in [0.15, 0.2) is 0 Å². The maximum atomic E-state index is 5.48. The molecule has 3 rings (SSSR count). The van der Waals surface area contributed by atoms with E-state index in [1.807, 2.05) is 0 Å². The standard InChI is InChI=1S/C12H17N5OS/c1-7-6-18-4-3-17(7)10-9-5-8(2)19-11(9)15-12(14-10)16-13/h5,7H,3-4,6,13H2,1-2H3,(H,14,15,16). The summed E-state index contributed by atoms with van der Waals surface area (Å²) in [7, 11) is 0. The van der Waals surface area contributed by atoms with Gasteiger partial charge in [-0.05, 0) is 19.9 Å². The number of hydrogen-bond acceptors (Lipinski definition) is 7. The van der Waals surface area contributed by atoms with Crippen molar-refractivity contribution in [3.63, 3.8) is 0 Å². The first kappa shape index (κ1) is 12.6. The molecule has 1 atom stereocenters. The van der Waals surface area contributed by atoms with Crippen LogP contribution in [0.4, 0.5) is 11.8 Å². The second kappa shape index (κ2) is 4.92. The van der Waals surface area contributed by atoms with E-state index >= 15 is 0 Å². The lowest BCUT2D eigenvalue weighted by molar-refractivity contribution is 0.0987. The summed E-state index contributed by atoms with van der Waals surface area (Å²) in [5, 5.41) is 1.09. The SMILES string of the molecule is Cc1cc2c(N3CCOCC3C)nc(NN)nc2s1. The highest BCUT2D eigenvalue weighted by molar-refractivity contribution is 7.18. The molecule has 1 saturated heterocycles. The van der Waals surface area contributed by atoms with E-state index in [-0.39, 0.29) is 0 Å². The molecule has 3 N–H and O–H groups in total. The van der Waals surface area contributed by atoms with Crippen LogP contribution in [0, 0.1) is 6.92 Å². The Balaban J connectivity index is 2.14. The quantitative estimate of drug-likeness (QED) is 0.641. The number of nitrogen functional groups attached to an aromatic ring is 1. The Morgan fingerprint density at radius 2 is 2.37 bits per heavy atom. The first-order valence-corrected chi connectivity index (χ1v) is 7.10. The van der Waals surface area contributed by atoms with Crippen molar-refractivity contribution in [2.45, 2.75) is 19.9 Å². The van der Waals surface area contributed by atoms with Crippen LogP contribution in [0.15, 0.2) is 6.07 Å². The van der Waals surface area contributed by atoms with Crippen LogP contribution in [0.3, 0.4) is 0 Å². The molecule has 0 amide bonds. The van der Waals surface area contributed by atoms with Gasteiger partial charge < -0.3 is 9.64 Å². The fourth-order valence-corrected chi connectivity index (χ4v) is 3.23. The minimum Gasteiger partial charge on any atom is -0.377 e. The third-order valence-electron chi connectivity index (χ3n) is 3.26. The summed E-state index contributed by atoms with van der Waals surface area (Å²) in [5.41, 5.74) is 2.55. The molecule has 1 aliphatic heterocycles. The summed E-state index contributed by atoms with van der Waals surface area (Å²) < 4.78 is 5.48. The number of morpholine rings is 1. The summed E-state index contributed by atoms with van der Waals surface area (Å²) in [4.78, 5) is 13.4. The molecule has 0 saturated carbocycles. The number of hydrazine groups is 1. The lowest BCUT2D eigenvalue weighted by atomic mass is 10.2. The third-order valence-corrected chi connectivity index (χ3v) is 4.21. The van der Waals surface area contributed by atoms with Gasteiger partial charge in [0.1, 0.15) is 10.6 Å². The summed E-state index contributed by atoms with van der Waals surface area (Å²) in [6.07, 6.45) is 0. The molecule has 0 bridgehead atoms. The lowest BCUT2D eigenvalue weighted by Crippen LogP contribution is -2.44. The Morgan fingerprint density at radius 3 is 3.11 bits per heavy atom. The van der Waals surface area contributed by atoms with Crippen molar-refractivity contribution < 1.29 is 4.74 Å². The van der Waals surface area contributed by atoms with Crippen molar-refractivity contribution in [1.29, 1.82) is 0 Å². The van der Waals surface area contributed by atoms with Gasteiger partial charge in [-0.2, -0.15) is 4.98 Å². The number of aromatic nitrogens is 2. The molecule has 102 valence electrons. The molecule has 7 heteroatoms. The summed E-state index contributed by atoms with van der Waals surface area (Å²) in [5.74, 6) is 6.87. The first-order valence-electron chi connectivity index (χ1n) is 6.28. The van der Waals surface area contributed by atoms with Crippen LogP contribution < -0.4 is 16.2 Å². The van der Waals surface area contributed by atoms with Gasteiger partial charge >= 0.3 is 0 Å². The monoisotopic (exact) mass is 279 g/mol. The number of aryl methyl sites for hydroxylation is 1. The summed E-state index contributed by atoms with van der Waals surface area (Å²) in [6.45, 7) is 6.51. The number of rotatable bonds is 2. The molecule has 6 nitrogen and oxygen atoms in total. The Labute approximate surface area is 115 Å². The van der Waals surface area contributed by atoms with E-state index in [1.165, 1.54) is 4.88 Å². The van der Waals surface area contributed by atoms with Crippen molar-refractivity contribution in [2.75, 3.05) is 30.1 Å². The fraction of sp³-hybridized carbons (Fsp3) is 0.500. The number of thiophene rings is 1. The molecular weight excluding hydrogens is 262 g/mol. The van der Waals surface area contributed by atoms with Crippen molar-refractivity contribution in [1.82, 2.24) is 9.97 Å². The normalized spacial score (nSPS) is 19.9. The number of nitrogens with zero attached hydrogens (tertiary/aromatic N) is 3. The van der Waals surface area contributed by atoms with Gasteiger partial charge in [0.25, 0.3) is 0 Å². The van der Waals surface area contributed by atoms with Crippen LogP contribution in [-0.4, -0.2) is 35.8 Å². The van der Waals surface area contributed by atoms with Gasteiger partial charge in [0, 0.05) is 11.4 Å². The van der Waals surface area contributed by atoms with Crippen LogP contribution >= 0.6 is 11.3 Å². The molecule has 19 heavy (non-hydrogen) atoms. The Bertz CT molecular complexity index is 599. The van der Waals surface area contributed by atoms with E-state index in [2.05, 4.69) is 40.2 Å². The van der Waals surface area contributed by atoms with Gasteiger partial charge in [-0.25, -0.2) is 10.8 Å². The van der Waals surface area contributed by atoms with Crippen LogP contribution in [-0.2, 0) is 4.74 Å². The minimum atomic E-state index is 0.303. The second-order valence-electron chi connectivity index (χ2n) is 4.71. The largest absolute Gasteiger partial charge is 0.377 e. The van der Waals surface area contributed by atoms with Gasteiger partial charge in [0.2, 0.25) is 5.95 Å². The van der Waals surface area contributed by atoms with Crippen molar-refractivity contribution >= 4 is 33.3 Å². The van der Waals surface area contributed by atoms with Crippen LogP contribution in [0.25, 0.3) is 10.2 Å². The molecule has 2 aromatic rings. The summed E-state index contributed by atoms with van der Waals surface area (Å²) >= 11 is 1.66. The minimum absolute atomic E-state index is 0.303. The van der Waals surface area contributed by atoms with Crippen LogP contribution in [0.1, 0.15) is 11.8 Å². The Morgan fingerprint density at radius 1 is 1.53 bits per heavy atom. The van der Waals surface area contributed by atoms with Crippen molar-refractivity contribution in [2.24, 2.45) is 5.84 Å². The first-order chi connectivity index (χ1) is 9.19. The summed E-state index contributed by atoms with van der Waals surface area (Å²) in [6, 6.07) is 2.44. The molecule has 0 aliphatic carbocycles. The topological polar surface area (TPSA) is 76.3 Å². The highest BCUT2D eigenvalue weighted by Gasteiger charge is 2.23. The second-order valence-corrected chi connectivity index (χ2v) is 5.94. The van der Waals surface area contributed by atoms with E-state index in [1.54, 1.807) is 11.3 Å². The van der Waals surface area contributed by atoms with Gasteiger partial charge in [-0.1, -0.05) is 0 Å². The molecular formula is C12H17N5OS. The molecule has 0 radical (unpaired) electrons. The number of fused-ring (bicyclic) bond motifs is 1. The third kappa shape index (κ3) is 2.24. The van der Waals surface area contributed by atoms with Crippen molar-refractivity contribution in [3.05, 3.63) is 10.9 Å². The van der Waals surface area contributed by atoms with Crippen LogP contribution in [0.2, 0.25) is 0 Å². The van der Waals surface area contributed by atoms with E-state index in [0.717, 1.165) is 35.8 Å². The molecule has 0 aromatic carbocycles. The number of anilines is 2. The van der Waals surface area contributed by atoms with Crippen LogP contribution in [0.5, 0.6) is 0 Å². The molecule has 3 heterocycles. The maximum Gasteiger partial charge on any atom is 0.240 e. The molecule has 2 aromatic heterocycles. The number of nitrogens with one attached hydrogen (secondary N) is 1.